The zero-order chi connectivity index (χ0) is 11.4. The number of anilines is 1. The molecule has 1 aromatic rings. The maximum absolute atomic E-state index is 12.2. The minimum absolute atomic E-state index is 0.0859. The Morgan fingerprint density at radius 1 is 1.47 bits per heavy atom. The summed E-state index contributed by atoms with van der Waals surface area (Å²) >= 11 is 11.4. The Kier molecular flexibility index (Phi) is 4.47. The van der Waals surface area contributed by atoms with E-state index in [0.717, 1.165) is 0 Å². The molecule has 0 unspecified atom stereocenters. The first-order valence-electron chi connectivity index (χ1n) is 4.11. The predicted molar refractivity (Wildman–Crippen MR) is 55.9 cm³/mol. The molecule has 0 aliphatic carbocycles. The van der Waals surface area contributed by atoms with Gasteiger partial charge < -0.3 is 4.90 Å². The molecule has 15 heavy (non-hydrogen) atoms. The lowest BCUT2D eigenvalue weighted by Gasteiger charge is -2.19. The Balaban J connectivity index is 2.97. The average Bonchev–Trinajstić information content (AvgIpc) is 2.16. The van der Waals surface area contributed by atoms with Crippen LogP contribution in [0.15, 0.2) is 6.33 Å². The molecular formula is C8H9Cl2F2N3. The fourth-order valence-electron chi connectivity index (χ4n) is 1.12. The Bertz CT molecular complexity index is 336. The maximum atomic E-state index is 12.2. The number of nitrogens with zero attached hydrogens (tertiary/aromatic N) is 3. The van der Waals surface area contributed by atoms with Crippen LogP contribution in [0.4, 0.5) is 14.6 Å². The van der Waals surface area contributed by atoms with Gasteiger partial charge in [0.15, 0.2) is 0 Å². The summed E-state index contributed by atoms with van der Waals surface area (Å²) in [5.41, 5.74) is 0.462. The third-order valence-corrected chi connectivity index (χ3v) is 2.37. The molecule has 1 rings (SSSR count). The van der Waals surface area contributed by atoms with Crippen LogP contribution in [-0.4, -0.2) is 30.0 Å². The molecule has 0 radical (unpaired) electrons. The van der Waals surface area contributed by atoms with Crippen LogP contribution < -0.4 is 4.90 Å². The average molecular weight is 256 g/mol. The lowest BCUT2D eigenvalue weighted by atomic mass is 10.3. The quantitative estimate of drug-likeness (QED) is 0.612. The van der Waals surface area contributed by atoms with Gasteiger partial charge in [0.25, 0.3) is 6.43 Å². The Labute approximate surface area is 96.0 Å². The lowest BCUT2D eigenvalue weighted by Crippen LogP contribution is -2.26. The van der Waals surface area contributed by atoms with Gasteiger partial charge in [0.05, 0.1) is 12.4 Å². The number of alkyl halides is 3. The largest absolute Gasteiger partial charge is 0.354 e. The van der Waals surface area contributed by atoms with Gasteiger partial charge in [-0.3, -0.25) is 0 Å². The minimum Gasteiger partial charge on any atom is -0.354 e. The topological polar surface area (TPSA) is 29.0 Å². The molecule has 0 saturated carbocycles. The summed E-state index contributed by atoms with van der Waals surface area (Å²) in [5.74, 6) is 0.424. The van der Waals surface area contributed by atoms with Crippen molar-refractivity contribution in [1.29, 1.82) is 0 Å². The van der Waals surface area contributed by atoms with Crippen molar-refractivity contribution in [2.45, 2.75) is 12.3 Å². The second kappa shape index (κ2) is 5.42. The zero-order valence-corrected chi connectivity index (χ0v) is 9.43. The highest BCUT2D eigenvalue weighted by molar-refractivity contribution is 6.31. The van der Waals surface area contributed by atoms with E-state index in [9.17, 15) is 8.78 Å². The number of rotatable bonds is 4. The number of aromatic nitrogens is 2. The van der Waals surface area contributed by atoms with Crippen LogP contribution in [0.2, 0.25) is 5.15 Å². The van der Waals surface area contributed by atoms with Crippen LogP contribution in [0.1, 0.15) is 5.56 Å². The van der Waals surface area contributed by atoms with Crippen LogP contribution >= 0.6 is 23.2 Å². The Morgan fingerprint density at radius 3 is 2.67 bits per heavy atom. The molecule has 1 heterocycles. The van der Waals surface area contributed by atoms with Crippen LogP contribution in [-0.2, 0) is 5.88 Å². The fraction of sp³-hybridized carbons (Fsp3) is 0.500. The molecule has 0 bridgehead atoms. The van der Waals surface area contributed by atoms with Gasteiger partial charge in [-0.05, 0) is 0 Å². The first kappa shape index (κ1) is 12.4. The maximum Gasteiger partial charge on any atom is 0.255 e. The zero-order valence-electron chi connectivity index (χ0n) is 7.92. The normalized spacial score (nSPS) is 10.8. The highest BCUT2D eigenvalue weighted by Crippen LogP contribution is 2.24. The van der Waals surface area contributed by atoms with Gasteiger partial charge in [0.1, 0.15) is 17.3 Å². The molecular weight excluding hydrogens is 247 g/mol. The summed E-state index contributed by atoms with van der Waals surface area (Å²) in [6.07, 6.45) is -1.22. The van der Waals surface area contributed by atoms with E-state index in [0.29, 0.717) is 11.4 Å². The molecule has 84 valence electrons. The van der Waals surface area contributed by atoms with Crippen LogP contribution in [0.25, 0.3) is 0 Å². The summed E-state index contributed by atoms with van der Waals surface area (Å²) in [4.78, 5) is 8.91. The number of hydrogen-bond acceptors (Lipinski definition) is 3. The third-order valence-electron chi connectivity index (χ3n) is 1.78. The highest BCUT2D eigenvalue weighted by Gasteiger charge is 2.15. The molecule has 1 aromatic heterocycles. The summed E-state index contributed by atoms with van der Waals surface area (Å²) in [7, 11) is 1.50. The fourth-order valence-corrected chi connectivity index (χ4v) is 1.63. The van der Waals surface area contributed by atoms with Crippen LogP contribution in [0.5, 0.6) is 0 Å². The van der Waals surface area contributed by atoms with E-state index in [1.807, 2.05) is 0 Å². The van der Waals surface area contributed by atoms with Crippen molar-refractivity contribution < 1.29 is 8.78 Å². The monoisotopic (exact) mass is 255 g/mol. The molecule has 0 spiro atoms. The van der Waals surface area contributed by atoms with E-state index in [-0.39, 0.29) is 11.0 Å². The SMILES string of the molecule is CN(CC(F)F)c1ncnc(Cl)c1CCl. The highest BCUT2D eigenvalue weighted by atomic mass is 35.5. The molecule has 7 heteroatoms. The Hall–Kier alpha value is -0.680. The summed E-state index contributed by atoms with van der Waals surface area (Å²) < 4.78 is 24.3. The second-order valence-corrected chi connectivity index (χ2v) is 3.50. The van der Waals surface area contributed by atoms with E-state index in [1.54, 1.807) is 0 Å². The standard InChI is InChI=1S/C8H9Cl2F2N3/c1-15(3-6(11)12)8-5(2-9)7(10)13-4-14-8/h4,6H,2-3H2,1H3. The molecule has 0 aromatic carbocycles. The van der Waals surface area contributed by atoms with Crippen molar-refractivity contribution in [3.63, 3.8) is 0 Å². The van der Waals surface area contributed by atoms with Crippen LogP contribution in [0, 0.1) is 0 Å². The van der Waals surface area contributed by atoms with Crippen molar-refractivity contribution in [2.24, 2.45) is 0 Å². The van der Waals surface area contributed by atoms with Crippen LogP contribution in [0.3, 0.4) is 0 Å². The molecule has 0 saturated heterocycles. The Morgan fingerprint density at radius 2 is 2.13 bits per heavy atom. The van der Waals surface area contributed by atoms with Crippen molar-refractivity contribution in [3.8, 4) is 0 Å². The van der Waals surface area contributed by atoms with Gasteiger partial charge in [0.2, 0.25) is 0 Å². The van der Waals surface area contributed by atoms with E-state index < -0.39 is 13.0 Å². The van der Waals surface area contributed by atoms with Gasteiger partial charge in [-0.25, -0.2) is 18.7 Å². The smallest absolute Gasteiger partial charge is 0.255 e. The lowest BCUT2D eigenvalue weighted by molar-refractivity contribution is 0.156. The third kappa shape index (κ3) is 3.14. The molecule has 0 N–H and O–H groups in total. The van der Waals surface area contributed by atoms with Gasteiger partial charge >= 0.3 is 0 Å². The van der Waals surface area contributed by atoms with Crippen molar-refractivity contribution in [2.75, 3.05) is 18.5 Å². The van der Waals surface area contributed by atoms with Gasteiger partial charge in [0, 0.05) is 12.6 Å². The van der Waals surface area contributed by atoms with E-state index >= 15 is 0 Å². The summed E-state index contributed by atoms with van der Waals surface area (Å²) in [5, 5.41) is 0.191. The van der Waals surface area contributed by atoms with E-state index in [1.165, 1.54) is 18.3 Å². The van der Waals surface area contributed by atoms with Gasteiger partial charge in [-0.15, -0.1) is 11.6 Å². The van der Waals surface area contributed by atoms with Crippen molar-refractivity contribution >= 4 is 29.0 Å². The van der Waals surface area contributed by atoms with E-state index in [4.69, 9.17) is 23.2 Å². The summed E-state index contributed by atoms with van der Waals surface area (Å²) in [6, 6.07) is 0. The second-order valence-electron chi connectivity index (χ2n) is 2.87. The first-order chi connectivity index (χ1) is 7.06. The van der Waals surface area contributed by atoms with Crippen molar-refractivity contribution in [3.05, 3.63) is 17.0 Å². The molecule has 3 nitrogen and oxygen atoms in total. The van der Waals surface area contributed by atoms with Crippen molar-refractivity contribution in [1.82, 2.24) is 9.97 Å². The van der Waals surface area contributed by atoms with Gasteiger partial charge in [-0.1, -0.05) is 11.6 Å². The number of halogens is 4. The molecule has 0 fully saturated rings. The number of hydrogen-bond donors (Lipinski definition) is 0. The minimum atomic E-state index is -2.44. The summed E-state index contributed by atoms with van der Waals surface area (Å²) in [6.45, 7) is -0.419. The first-order valence-corrected chi connectivity index (χ1v) is 5.02. The van der Waals surface area contributed by atoms with E-state index in [2.05, 4.69) is 9.97 Å². The molecule has 0 atom stereocenters. The predicted octanol–water partition coefficient (Wildman–Crippen LogP) is 2.57. The van der Waals surface area contributed by atoms with Gasteiger partial charge in [-0.2, -0.15) is 0 Å². The molecule has 0 aliphatic heterocycles. The molecule has 0 aliphatic rings. The molecule has 0 amide bonds.